The number of carbonyl (C=O) groups excluding carboxylic acids is 1. The van der Waals surface area contributed by atoms with E-state index in [2.05, 4.69) is 20.8 Å². The van der Waals surface area contributed by atoms with E-state index in [0.717, 1.165) is 46.1 Å². The molecule has 0 unspecified atom stereocenters. The number of hydrogen-bond acceptors (Lipinski definition) is 6. The molecule has 2 aromatic carbocycles. The number of amides is 1. The molecule has 1 amide bonds. The summed E-state index contributed by atoms with van der Waals surface area (Å²) in [7, 11) is -2.43. The molecular weight excluding hydrogens is 376 g/mol. The normalized spacial score (nSPS) is 14.0. The van der Waals surface area contributed by atoms with Crippen molar-refractivity contribution in [1.29, 1.82) is 0 Å². The Morgan fingerprint density at radius 1 is 1.04 bits per heavy atom. The standard InChI is InChI=1S/C20H20N4O3S/c25-12-21-20-19(22-16-2-1-3-16)17-9-8-15(10-18(17)23-24-20)14-6-4-13(5-7-14)11-28(26)27/h4-10,12,16,28H,1-3,11H2,(H,22,23)(H,21,24,25). The Morgan fingerprint density at radius 3 is 2.43 bits per heavy atom. The number of fused-ring (bicyclic) bond motifs is 1. The number of nitrogens with one attached hydrogen (secondary N) is 2. The van der Waals surface area contributed by atoms with Crippen LogP contribution in [0.15, 0.2) is 42.5 Å². The van der Waals surface area contributed by atoms with Gasteiger partial charge < -0.3 is 10.6 Å². The van der Waals surface area contributed by atoms with Crippen molar-refractivity contribution in [2.75, 3.05) is 10.6 Å². The molecule has 8 heteroatoms. The molecule has 0 bridgehead atoms. The molecule has 144 valence electrons. The third-order valence-electron chi connectivity index (χ3n) is 5.01. The predicted molar refractivity (Wildman–Crippen MR) is 110 cm³/mol. The molecule has 2 N–H and O–H groups in total. The third kappa shape index (κ3) is 3.82. The first-order valence-corrected chi connectivity index (χ1v) is 10.5. The number of anilines is 2. The molecule has 0 spiro atoms. The lowest BCUT2D eigenvalue weighted by Crippen LogP contribution is -2.27. The van der Waals surface area contributed by atoms with E-state index in [-0.39, 0.29) is 5.75 Å². The summed E-state index contributed by atoms with van der Waals surface area (Å²) in [6, 6.07) is 13.7. The van der Waals surface area contributed by atoms with E-state index >= 15 is 0 Å². The number of rotatable bonds is 7. The van der Waals surface area contributed by atoms with E-state index < -0.39 is 10.7 Å². The summed E-state index contributed by atoms with van der Waals surface area (Å²) in [4.78, 5) is 10.9. The fourth-order valence-corrected chi connectivity index (χ4v) is 3.81. The molecule has 7 nitrogen and oxygen atoms in total. The van der Waals surface area contributed by atoms with Crippen LogP contribution < -0.4 is 10.6 Å². The van der Waals surface area contributed by atoms with Crippen molar-refractivity contribution in [2.45, 2.75) is 31.1 Å². The highest BCUT2D eigenvalue weighted by Gasteiger charge is 2.20. The second kappa shape index (κ2) is 7.93. The van der Waals surface area contributed by atoms with Crippen molar-refractivity contribution in [1.82, 2.24) is 10.2 Å². The van der Waals surface area contributed by atoms with Crippen molar-refractivity contribution in [3.63, 3.8) is 0 Å². The maximum absolute atomic E-state index is 10.9. The summed E-state index contributed by atoms with van der Waals surface area (Å²) >= 11 is 0. The first-order valence-electron chi connectivity index (χ1n) is 9.12. The van der Waals surface area contributed by atoms with Crippen LogP contribution in [0.5, 0.6) is 0 Å². The van der Waals surface area contributed by atoms with Crippen LogP contribution in [0, 0.1) is 0 Å². The van der Waals surface area contributed by atoms with E-state index in [1.165, 1.54) is 6.42 Å². The summed E-state index contributed by atoms with van der Waals surface area (Å²) in [5.74, 6) is 0.472. The maximum Gasteiger partial charge on any atom is 0.212 e. The molecule has 1 aliphatic carbocycles. The zero-order valence-corrected chi connectivity index (χ0v) is 16.0. The van der Waals surface area contributed by atoms with Gasteiger partial charge in [0.2, 0.25) is 6.41 Å². The minimum atomic E-state index is -2.43. The molecule has 1 aliphatic rings. The van der Waals surface area contributed by atoms with Crippen molar-refractivity contribution >= 4 is 39.5 Å². The van der Waals surface area contributed by atoms with Gasteiger partial charge in [0.1, 0.15) is 10.7 Å². The van der Waals surface area contributed by atoms with Gasteiger partial charge in [-0.25, -0.2) is 8.42 Å². The second-order valence-electron chi connectivity index (χ2n) is 6.88. The smallest absolute Gasteiger partial charge is 0.212 e. The first kappa shape index (κ1) is 18.4. The van der Waals surface area contributed by atoms with Crippen LogP contribution in [-0.2, 0) is 21.3 Å². The van der Waals surface area contributed by atoms with Gasteiger partial charge in [0.05, 0.1) is 17.0 Å². The van der Waals surface area contributed by atoms with Crippen molar-refractivity contribution in [3.05, 3.63) is 48.0 Å². The van der Waals surface area contributed by atoms with Gasteiger partial charge >= 0.3 is 0 Å². The van der Waals surface area contributed by atoms with Crippen LogP contribution in [0.3, 0.4) is 0 Å². The summed E-state index contributed by atoms with van der Waals surface area (Å²) in [5.41, 5.74) is 4.21. The van der Waals surface area contributed by atoms with Crippen molar-refractivity contribution in [2.24, 2.45) is 0 Å². The van der Waals surface area contributed by atoms with Crippen LogP contribution in [0.2, 0.25) is 0 Å². The average molecular weight is 396 g/mol. The van der Waals surface area contributed by atoms with E-state index in [1.807, 2.05) is 42.5 Å². The molecule has 0 atom stereocenters. The highest BCUT2D eigenvalue weighted by Crippen LogP contribution is 2.34. The zero-order chi connectivity index (χ0) is 19.5. The fraction of sp³-hybridized carbons (Fsp3) is 0.250. The summed E-state index contributed by atoms with van der Waals surface area (Å²) in [6.07, 6.45) is 4.01. The van der Waals surface area contributed by atoms with Crippen LogP contribution in [-0.4, -0.2) is 31.1 Å². The molecule has 0 saturated heterocycles. The molecule has 1 heterocycles. The number of nitrogens with zero attached hydrogens (tertiary/aromatic N) is 2. The maximum atomic E-state index is 10.9. The molecular formula is C20H20N4O3S. The Bertz CT molecular complexity index is 1080. The topological polar surface area (TPSA) is 101 Å². The number of aromatic nitrogens is 2. The van der Waals surface area contributed by atoms with Gasteiger partial charge in [0.25, 0.3) is 0 Å². The Kier molecular flexibility index (Phi) is 5.21. The van der Waals surface area contributed by atoms with Crippen LogP contribution >= 0.6 is 0 Å². The van der Waals surface area contributed by atoms with Gasteiger partial charge in [-0.05, 0) is 48.1 Å². The van der Waals surface area contributed by atoms with E-state index in [9.17, 15) is 13.2 Å². The monoisotopic (exact) mass is 396 g/mol. The van der Waals surface area contributed by atoms with Crippen LogP contribution in [0.1, 0.15) is 24.8 Å². The molecule has 3 aromatic rings. The van der Waals surface area contributed by atoms with Crippen LogP contribution in [0.25, 0.3) is 22.0 Å². The number of benzene rings is 2. The molecule has 28 heavy (non-hydrogen) atoms. The largest absolute Gasteiger partial charge is 0.379 e. The molecule has 1 fully saturated rings. The van der Waals surface area contributed by atoms with Crippen LogP contribution in [0.4, 0.5) is 11.5 Å². The summed E-state index contributed by atoms with van der Waals surface area (Å²) in [6.45, 7) is 0. The molecule has 4 rings (SSSR count). The van der Waals surface area contributed by atoms with Gasteiger partial charge in [-0.3, -0.25) is 4.79 Å². The number of carbonyl (C=O) groups is 1. The Balaban J connectivity index is 1.70. The highest BCUT2D eigenvalue weighted by atomic mass is 32.2. The lowest BCUT2D eigenvalue weighted by Gasteiger charge is -2.28. The third-order valence-corrected chi connectivity index (χ3v) is 5.63. The highest BCUT2D eigenvalue weighted by molar-refractivity contribution is 7.71. The van der Waals surface area contributed by atoms with Crippen molar-refractivity contribution in [3.8, 4) is 11.1 Å². The minimum absolute atomic E-state index is 0.0432. The summed E-state index contributed by atoms with van der Waals surface area (Å²) in [5, 5.41) is 15.4. The fourth-order valence-electron chi connectivity index (χ4n) is 3.30. The lowest BCUT2D eigenvalue weighted by atomic mass is 9.92. The van der Waals surface area contributed by atoms with Gasteiger partial charge in [-0.15, -0.1) is 10.2 Å². The van der Waals surface area contributed by atoms with Gasteiger partial charge in [-0.2, -0.15) is 0 Å². The Labute approximate surface area is 164 Å². The minimum Gasteiger partial charge on any atom is -0.379 e. The average Bonchev–Trinajstić information content (AvgIpc) is 2.65. The van der Waals surface area contributed by atoms with Gasteiger partial charge in [0, 0.05) is 11.4 Å². The molecule has 1 saturated carbocycles. The van der Waals surface area contributed by atoms with E-state index in [0.29, 0.717) is 18.3 Å². The SMILES string of the molecule is O=CNc1nnc2cc(-c3ccc(C[SH](=O)=O)cc3)ccc2c1NC1CCC1. The van der Waals surface area contributed by atoms with Gasteiger partial charge in [-0.1, -0.05) is 30.3 Å². The van der Waals surface area contributed by atoms with Crippen molar-refractivity contribution < 1.29 is 13.2 Å². The van der Waals surface area contributed by atoms with E-state index in [4.69, 9.17) is 0 Å². The quantitative estimate of drug-likeness (QED) is 0.419. The number of thiol groups is 1. The first-order chi connectivity index (χ1) is 13.6. The summed E-state index contributed by atoms with van der Waals surface area (Å²) < 4.78 is 21.7. The predicted octanol–water partition coefficient (Wildman–Crippen LogP) is 2.94. The Morgan fingerprint density at radius 2 is 1.79 bits per heavy atom. The molecule has 1 aromatic heterocycles. The second-order valence-corrected chi connectivity index (χ2v) is 7.86. The lowest BCUT2D eigenvalue weighted by molar-refractivity contribution is -0.105. The van der Waals surface area contributed by atoms with E-state index in [1.54, 1.807) is 0 Å². The zero-order valence-electron chi connectivity index (χ0n) is 15.1. The number of hydrogen-bond donors (Lipinski definition) is 3. The molecule has 0 radical (unpaired) electrons. The Hall–Kier alpha value is -3.00. The molecule has 0 aliphatic heterocycles. The van der Waals surface area contributed by atoms with Gasteiger partial charge in [0.15, 0.2) is 5.82 Å².